The molecule has 0 aliphatic carbocycles. The van der Waals surface area contributed by atoms with E-state index in [1.54, 1.807) is 0 Å². The van der Waals surface area contributed by atoms with Gasteiger partial charge in [-0.2, -0.15) is 0 Å². The normalized spacial score (nSPS) is 17.3. The molecule has 1 aromatic heterocycles. The Morgan fingerprint density at radius 1 is 1.47 bits per heavy atom. The number of hydrogen-bond acceptors (Lipinski definition) is 4. The van der Waals surface area contributed by atoms with Crippen LogP contribution in [-0.4, -0.2) is 40.5 Å². The van der Waals surface area contributed by atoms with E-state index in [1.807, 2.05) is 18.2 Å². The summed E-state index contributed by atoms with van der Waals surface area (Å²) in [4.78, 5) is 7.30. The number of nitrogens with one attached hydrogen (secondary N) is 1. The summed E-state index contributed by atoms with van der Waals surface area (Å²) in [5.41, 5.74) is 6.29. The maximum atomic E-state index is 5.60. The number of aromatic nitrogens is 1. The van der Waals surface area contributed by atoms with Crippen LogP contribution in [0.5, 0.6) is 0 Å². The summed E-state index contributed by atoms with van der Waals surface area (Å²) in [6, 6.07) is 6.26. The third-order valence-corrected chi connectivity index (χ3v) is 3.69. The smallest absolute Gasteiger partial charge is 0.126 e. The first-order valence-corrected chi connectivity index (χ1v) is 7.35. The van der Waals surface area contributed by atoms with Crippen molar-refractivity contribution in [1.82, 2.24) is 9.88 Å². The van der Waals surface area contributed by atoms with Crippen molar-refractivity contribution in [2.45, 2.75) is 32.2 Å². The van der Waals surface area contributed by atoms with Gasteiger partial charge in [-0.15, -0.1) is 0 Å². The second-order valence-corrected chi connectivity index (χ2v) is 5.47. The number of pyridine rings is 1. The lowest BCUT2D eigenvalue weighted by Gasteiger charge is -2.32. The molecule has 1 saturated heterocycles. The zero-order valence-electron chi connectivity index (χ0n) is 11.4. The molecule has 2 rings (SSSR count). The van der Waals surface area contributed by atoms with Crippen LogP contribution in [0.4, 0.5) is 5.82 Å². The lowest BCUT2D eigenvalue weighted by atomic mass is 10.0. The van der Waals surface area contributed by atoms with Gasteiger partial charge in [0.1, 0.15) is 10.8 Å². The lowest BCUT2D eigenvalue weighted by Crippen LogP contribution is -2.39. The molecule has 2 heterocycles. The molecular weight excluding hydrogens is 256 g/mol. The van der Waals surface area contributed by atoms with Crippen LogP contribution in [0.15, 0.2) is 18.2 Å². The van der Waals surface area contributed by atoms with Gasteiger partial charge in [0.15, 0.2) is 0 Å². The SMILES string of the molecule is CCCN1CCC(Nc2cccc(C(N)=S)n2)CC1. The van der Waals surface area contributed by atoms with Crippen molar-refractivity contribution in [3.8, 4) is 0 Å². The fraction of sp³-hybridized carbons (Fsp3) is 0.571. The van der Waals surface area contributed by atoms with Crippen molar-refractivity contribution in [2.24, 2.45) is 5.73 Å². The van der Waals surface area contributed by atoms with Crippen LogP contribution < -0.4 is 11.1 Å². The Morgan fingerprint density at radius 3 is 2.84 bits per heavy atom. The van der Waals surface area contributed by atoms with E-state index in [0.717, 1.165) is 5.82 Å². The summed E-state index contributed by atoms with van der Waals surface area (Å²) in [5, 5.41) is 3.49. The van der Waals surface area contributed by atoms with Crippen molar-refractivity contribution in [3.05, 3.63) is 23.9 Å². The second-order valence-electron chi connectivity index (χ2n) is 5.03. The predicted octanol–water partition coefficient (Wildman–Crippen LogP) is 2.00. The average molecular weight is 278 g/mol. The highest BCUT2D eigenvalue weighted by molar-refractivity contribution is 7.80. The summed E-state index contributed by atoms with van der Waals surface area (Å²) in [6.45, 7) is 5.78. The Morgan fingerprint density at radius 2 is 2.21 bits per heavy atom. The Balaban J connectivity index is 1.88. The number of nitrogens with zero attached hydrogens (tertiary/aromatic N) is 2. The van der Waals surface area contributed by atoms with Crippen molar-refractivity contribution in [2.75, 3.05) is 25.0 Å². The van der Waals surface area contributed by atoms with Crippen LogP contribution in [0.2, 0.25) is 0 Å². The van der Waals surface area contributed by atoms with Gasteiger partial charge in [-0.05, 0) is 37.9 Å². The maximum absolute atomic E-state index is 5.60. The molecule has 19 heavy (non-hydrogen) atoms. The third kappa shape index (κ3) is 4.14. The van der Waals surface area contributed by atoms with Gasteiger partial charge >= 0.3 is 0 Å². The summed E-state index contributed by atoms with van der Waals surface area (Å²) in [7, 11) is 0. The molecular formula is C14H22N4S. The number of hydrogen-bond donors (Lipinski definition) is 2. The topological polar surface area (TPSA) is 54.2 Å². The van der Waals surface area contributed by atoms with E-state index >= 15 is 0 Å². The summed E-state index contributed by atoms with van der Waals surface area (Å²) >= 11 is 4.95. The second kappa shape index (κ2) is 6.82. The molecule has 3 N–H and O–H groups in total. The molecule has 0 aromatic carbocycles. The number of likely N-dealkylation sites (tertiary alicyclic amines) is 1. The van der Waals surface area contributed by atoms with Gasteiger partial charge in [-0.3, -0.25) is 0 Å². The minimum absolute atomic E-state index is 0.349. The molecule has 1 aliphatic rings. The largest absolute Gasteiger partial charge is 0.388 e. The number of anilines is 1. The molecule has 0 unspecified atom stereocenters. The first-order chi connectivity index (χ1) is 9.19. The van der Waals surface area contributed by atoms with Crippen molar-refractivity contribution in [1.29, 1.82) is 0 Å². The van der Waals surface area contributed by atoms with Crippen molar-refractivity contribution in [3.63, 3.8) is 0 Å². The third-order valence-electron chi connectivity index (χ3n) is 3.48. The summed E-state index contributed by atoms with van der Waals surface area (Å²) in [5.74, 6) is 0.874. The van der Waals surface area contributed by atoms with Gasteiger partial charge in [0.05, 0.1) is 5.69 Å². The average Bonchev–Trinajstić information content (AvgIpc) is 2.42. The molecule has 1 aromatic rings. The van der Waals surface area contributed by atoms with Crippen molar-refractivity contribution < 1.29 is 0 Å². The number of piperidine rings is 1. The van der Waals surface area contributed by atoms with E-state index in [4.69, 9.17) is 18.0 Å². The first kappa shape index (κ1) is 14.2. The van der Waals surface area contributed by atoms with Crippen LogP contribution in [0.1, 0.15) is 31.9 Å². The van der Waals surface area contributed by atoms with E-state index in [2.05, 4.69) is 22.1 Å². The highest BCUT2D eigenvalue weighted by Crippen LogP contribution is 2.15. The Kier molecular flexibility index (Phi) is 5.10. The van der Waals surface area contributed by atoms with Gasteiger partial charge in [0.25, 0.3) is 0 Å². The maximum Gasteiger partial charge on any atom is 0.126 e. The molecule has 0 saturated carbocycles. The van der Waals surface area contributed by atoms with Crippen LogP contribution in [0.25, 0.3) is 0 Å². The minimum Gasteiger partial charge on any atom is -0.388 e. The Hall–Kier alpha value is -1.20. The van der Waals surface area contributed by atoms with Gasteiger partial charge in [0.2, 0.25) is 0 Å². The highest BCUT2D eigenvalue weighted by atomic mass is 32.1. The standard InChI is InChI=1S/C14H22N4S/c1-2-8-18-9-6-11(7-10-18)16-13-5-3-4-12(17-13)14(15)19/h3-5,11H,2,6-10H2,1H3,(H2,15,19)(H,16,17). The van der Waals surface area contributed by atoms with E-state index < -0.39 is 0 Å². The van der Waals surface area contributed by atoms with Crippen molar-refractivity contribution >= 4 is 23.0 Å². The molecule has 1 aliphatic heterocycles. The number of thiocarbonyl (C=S) groups is 1. The van der Waals surface area contributed by atoms with Gasteiger partial charge in [-0.1, -0.05) is 25.2 Å². The molecule has 5 heteroatoms. The van der Waals surface area contributed by atoms with Gasteiger partial charge in [-0.25, -0.2) is 4.98 Å². The minimum atomic E-state index is 0.349. The molecule has 0 radical (unpaired) electrons. The van der Waals surface area contributed by atoms with Crippen LogP contribution in [0, 0.1) is 0 Å². The molecule has 1 fully saturated rings. The fourth-order valence-electron chi connectivity index (χ4n) is 2.48. The number of rotatable bonds is 5. The monoisotopic (exact) mass is 278 g/mol. The molecule has 0 spiro atoms. The quantitative estimate of drug-likeness (QED) is 0.807. The Bertz CT molecular complexity index is 427. The number of nitrogens with two attached hydrogens (primary N) is 1. The van der Waals surface area contributed by atoms with Crippen LogP contribution >= 0.6 is 12.2 Å². The van der Waals surface area contributed by atoms with E-state index in [9.17, 15) is 0 Å². The van der Waals surface area contributed by atoms with Gasteiger partial charge < -0.3 is 16.0 Å². The van der Waals surface area contributed by atoms with E-state index in [1.165, 1.54) is 38.9 Å². The highest BCUT2D eigenvalue weighted by Gasteiger charge is 2.18. The Labute approximate surface area is 120 Å². The predicted molar refractivity (Wildman–Crippen MR) is 83.5 cm³/mol. The molecule has 0 atom stereocenters. The van der Waals surface area contributed by atoms with Crippen LogP contribution in [0.3, 0.4) is 0 Å². The van der Waals surface area contributed by atoms with Crippen LogP contribution in [-0.2, 0) is 0 Å². The van der Waals surface area contributed by atoms with Gasteiger partial charge in [0, 0.05) is 19.1 Å². The molecule has 0 amide bonds. The van der Waals surface area contributed by atoms with E-state index in [-0.39, 0.29) is 0 Å². The van der Waals surface area contributed by atoms with E-state index in [0.29, 0.717) is 16.7 Å². The summed E-state index contributed by atoms with van der Waals surface area (Å²) in [6.07, 6.45) is 3.56. The molecule has 0 bridgehead atoms. The summed E-state index contributed by atoms with van der Waals surface area (Å²) < 4.78 is 0. The molecule has 4 nitrogen and oxygen atoms in total. The zero-order chi connectivity index (χ0) is 13.7. The fourth-order valence-corrected chi connectivity index (χ4v) is 2.59. The molecule has 104 valence electrons. The first-order valence-electron chi connectivity index (χ1n) is 6.94. The lowest BCUT2D eigenvalue weighted by molar-refractivity contribution is 0.219. The zero-order valence-corrected chi connectivity index (χ0v) is 12.2.